The van der Waals surface area contributed by atoms with Crippen LogP contribution in [0, 0.1) is 5.82 Å². The van der Waals surface area contributed by atoms with Crippen molar-refractivity contribution in [2.24, 2.45) is 4.99 Å². The van der Waals surface area contributed by atoms with Gasteiger partial charge in [-0.1, -0.05) is 56.3 Å². The van der Waals surface area contributed by atoms with Crippen LogP contribution in [0.25, 0.3) is 11.1 Å². The standard InChI is InChI=1S/C28H31FN2/c1-5-15-31-27-17-26(29)23(16-25(27)20(2)18-28(31,3)4)19-30-24-13-11-22(12-14-24)21-9-7-6-8-10-21/h6-14,16-17,19-20H,5,15,18H2,1-4H3. The molecule has 0 saturated heterocycles. The minimum atomic E-state index is -0.214. The molecule has 0 spiro atoms. The van der Waals surface area contributed by atoms with Gasteiger partial charge in [0.2, 0.25) is 0 Å². The first-order valence-corrected chi connectivity index (χ1v) is 11.2. The van der Waals surface area contributed by atoms with E-state index >= 15 is 4.39 Å². The van der Waals surface area contributed by atoms with Crippen LogP contribution < -0.4 is 4.90 Å². The van der Waals surface area contributed by atoms with E-state index in [0.29, 0.717) is 11.5 Å². The van der Waals surface area contributed by atoms with Crippen LogP contribution in [0.2, 0.25) is 0 Å². The van der Waals surface area contributed by atoms with E-state index in [2.05, 4.69) is 61.9 Å². The van der Waals surface area contributed by atoms with E-state index in [1.807, 2.05) is 36.4 Å². The van der Waals surface area contributed by atoms with Gasteiger partial charge in [0.25, 0.3) is 0 Å². The summed E-state index contributed by atoms with van der Waals surface area (Å²) in [6, 6.07) is 22.0. The highest BCUT2D eigenvalue weighted by atomic mass is 19.1. The van der Waals surface area contributed by atoms with Gasteiger partial charge >= 0.3 is 0 Å². The average Bonchev–Trinajstić information content (AvgIpc) is 2.76. The van der Waals surface area contributed by atoms with Crippen LogP contribution in [-0.2, 0) is 0 Å². The average molecular weight is 415 g/mol. The molecular formula is C28H31FN2. The number of rotatable bonds is 5. The molecule has 0 radical (unpaired) electrons. The van der Waals surface area contributed by atoms with Crippen molar-refractivity contribution in [3.63, 3.8) is 0 Å². The van der Waals surface area contributed by atoms with Gasteiger partial charge in [0.15, 0.2) is 0 Å². The van der Waals surface area contributed by atoms with Crippen molar-refractivity contribution < 1.29 is 4.39 Å². The Hall–Kier alpha value is -2.94. The van der Waals surface area contributed by atoms with E-state index in [9.17, 15) is 0 Å². The van der Waals surface area contributed by atoms with E-state index < -0.39 is 0 Å². The van der Waals surface area contributed by atoms with Crippen molar-refractivity contribution in [3.8, 4) is 11.1 Å². The molecule has 0 aromatic heterocycles. The minimum absolute atomic E-state index is 0.0327. The Balaban J connectivity index is 1.61. The second-order valence-corrected chi connectivity index (χ2v) is 9.17. The Labute approximate surface area is 185 Å². The Morgan fingerprint density at radius 1 is 1.03 bits per heavy atom. The van der Waals surface area contributed by atoms with E-state index in [4.69, 9.17) is 0 Å². The minimum Gasteiger partial charge on any atom is -0.366 e. The fraction of sp³-hybridized carbons (Fsp3) is 0.321. The van der Waals surface area contributed by atoms with Gasteiger partial charge in [0.1, 0.15) is 5.82 Å². The molecule has 3 aromatic carbocycles. The second kappa shape index (κ2) is 8.66. The van der Waals surface area contributed by atoms with Crippen molar-refractivity contribution in [2.45, 2.75) is 52.0 Å². The number of aliphatic imine (C=N–C) groups is 1. The van der Waals surface area contributed by atoms with Crippen LogP contribution in [0.4, 0.5) is 15.8 Å². The highest BCUT2D eigenvalue weighted by Crippen LogP contribution is 2.44. The van der Waals surface area contributed by atoms with E-state index in [1.54, 1.807) is 12.3 Å². The maximum Gasteiger partial charge on any atom is 0.134 e. The molecular weight excluding hydrogens is 383 g/mol. The highest BCUT2D eigenvalue weighted by molar-refractivity contribution is 5.84. The largest absolute Gasteiger partial charge is 0.366 e. The third kappa shape index (κ3) is 4.41. The van der Waals surface area contributed by atoms with Gasteiger partial charge in [-0.3, -0.25) is 4.99 Å². The predicted octanol–water partition coefficient (Wildman–Crippen LogP) is 7.75. The Morgan fingerprint density at radius 3 is 2.39 bits per heavy atom. The molecule has 3 aromatic rings. The van der Waals surface area contributed by atoms with Crippen LogP contribution in [0.1, 0.15) is 57.6 Å². The zero-order chi connectivity index (χ0) is 22.0. The van der Waals surface area contributed by atoms with Crippen molar-refractivity contribution in [3.05, 3.63) is 83.7 Å². The molecule has 0 amide bonds. The summed E-state index contributed by atoms with van der Waals surface area (Å²) < 4.78 is 15.0. The molecule has 3 heteroatoms. The first-order valence-electron chi connectivity index (χ1n) is 11.2. The number of nitrogens with zero attached hydrogens (tertiary/aromatic N) is 2. The van der Waals surface area contributed by atoms with Gasteiger partial charge < -0.3 is 4.90 Å². The molecule has 31 heavy (non-hydrogen) atoms. The smallest absolute Gasteiger partial charge is 0.134 e. The van der Waals surface area contributed by atoms with Crippen LogP contribution >= 0.6 is 0 Å². The molecule has 1 unspecified atom stereocenters. The summed E-state index contributed by atoms with van der Waals surface area (Å²) in [6.45, 7) is 9.87. The summed E-state index contributed by atoms with van der Waals surface area (Å²) in [4.78, 5) is 6.92. The van der Waals surface area contributed by atoms with E-state index in [-0.39, 0.29) is 11.4 Å². The summed E-state index contributed by atoms with van der Waals surface area (Å²) in [5.74, 6) is 0.172. The number of anilines is 1. The topological polar surface area (TPSA) is 15.6 Å². The Bertz CT molecular complexity index is 1070. The lowest BCUT2D eigenvalue weighted by Crippen LogP contribution is -2.48. The van der Waals surface area contributed by atoms with Gasteiger partial charge in [0.05, 0.1) is 5.69 Å². The number of hydrogen-bond donors (Lipinski definition) is 0. The molecule has 0 aliphatic carbocycles. The molecule has 1 atom stereocenters. The lowest BCUT2D eigenvalue weighted by atomic mass is 9.79. The molecule has 1 heterocycles. The second-order valence-electron chi connectivity index (χ2n) is 9.17. The first-order chi connectivity index (χ1) is 14.9. The molecule has 1 aliphatic rings. The Kier molecular flexibility index (Phi) is 5.95. The molecule has 0 N–H and O–H groups in total. The summed E-state index contributed by atoms with van der Waals surface area (Å²) in [7, 11) is 0. The summed E-state index contributed by atoms with van der Waals surface area (Å²) in [5.41, 5.74) is 5.97. The molecule has 2 nitrogen and oxygen atoms in total. The highest BCUT2D eigenvalue weighted by Gasteiger charge is 2.36. The summed E-state index contributed by atoms with van der Waals surface area (Å²) in [5, 5.41) is 0. The molecule has 4 rings (SSSR count). The lowest BCUT2D eigenvalue weighted by Gasteiger charge is -2.47. The molecule has 0 bridgehead atoms. The molecule has 0 fully saturated rings. The molecule has 1 aliphatic heterocycles. The zero-order valence-corrected chi connectivity index (χ0v) is 18.9. The van der Waals surface area contributed by atoms with Gasteiger partial charge in [-0.2, -0.15) is 0 Å². The monoisotopic (exact) mass is 414 g/mol. The normalized spacial score (nSPS) is 17.7. The SMILES string of the molecule is CCCN1c2cc(F)c(C=Nc3ccc(-c4ccccc4)cc3)cc2C(C)CC1(C)C. The maximum absolute atomic E-state index is 15.0. The van der Waals surface area contributed by atoms with Crippen LogP contribution in [0.3, 0.4) is 0 Å². The fourth-order valence-electron chi connectivity index (χ4n) is 4.78. The summed E-state index contributed by atoms with van der Waals surface area (Å²) in [6.07, 6.45) is 3.76. The molecule has 160 valence electrons. The van der Waals surface area contributed by atoms with Gasteiger partial charge in [-0.05, 0) is 73.6 Å². The zero-order valence-electron chi connectivity index (χ0n) is 18.9. The van der Waals surface area contributed by atoms with Crippen molar-refractivity contribution >= 4 is 17.6 Å². The van der Waals surface area contributed by atoms with Crippen molar-refractivity contribution in [1.82, 2.24) is 0 Å². The first kappa shape index (κ1) is 21.3. The summed E-state index contributed by atoms with van der Waals surface area (Å²) >= 11 is 0. The van der Waals surface area contributed by atoms with Gasteiger partial charge in [-0.25, -0.2) is 4.39 Å². The van der Waals surface area contributed by atoms with Crippen molar-refractivity contribution in [1.29, 1.82) is 0 Å². The number of benzene rings is 3. The Morgan fingerprint density at radius 2 is 1.71 bits per heavy atom. The van der Waals surface area contributed by atoms with Crippen LogP contribution in [0.15, 0.2) is 71.7 Å². The third-order valence-electron chi connectivity index (χ3n) is 6.28. The van der Waals surface area contributed by atoms with Gasteiger partial charge in [-0.15, -0.1) is 0 Å². The number of fused-ring (bicyclic) bond motifs is 1. The maximum atomic E-state index is 15.0. The third-order valence-corrected chi connectivity index (χ3v) is 6.28. The van der Waals surface area contributed by atoms with E-state index in [1.165, 1.54) is 11.1 Å². The van der Waals surface area contributed by atoms with Gasteiger partial charge in [0, 0.05) is 29.5 Å². The predicted molar refractivity (Wildman–Crippen MR) is 130 cm³/mol. The quantitative estimate of drug-likeness (QED) is 0.390. The van der Waals surface area contributed by atoms with Crippen LogP contribution in [-0.4, -0.2) is 18.3 Å². The lowest BCUT2D eigenvalue weighted by molar-refractivity contribution is 0.375. The molecule has 0 saturated carbocycles. The fourth-order valence-corrected chi connectivity index (χ4v) is 4.78. The van der Waals surface area contributed by atoms with E-state index in [0.717, 1.165) is 36.3 Å². The van der Waals surface area contributed by atoms with Crippen molar-refractivity contribution in [2.75, 3.05) is 11.4 Å². The number of halogens is 1. The van der Waals surface area contributed by atoms with Crippen LogP contribution in [0.5, 0.6) is 0 Å². The number of hydrogen-bond acceptors (Lipinski definition) is 2.